The van der Waals surface area contributed by atoms with E-state index in [9.17, 15) is 14.9 Å². The number of ether oxygens (including phenoxy) is 2. The lowest BCUT2D eigenvalue weighted by Gasteiger charge is -2.27. The van der Waals surface area contributed by atoms with Gasteiger partial charge in [0.05, 0.1) is 18.1 Å². The fourth-order valence-electron chi connectivity index (χ4n) is 3.50. The third-order valence-corrected chi connectivity index (χ3v) is 4.90. The van der Waals surface area contributed by atoms with E-state index in [-0.39, 0.29) is 22.7 Å². The number of carbonyl (C=O) groups excluding carboxylic acids is 1. The number of morpholine rings is 1. The summed E-state index contributed by atoms with van der Waals surface area (Å²) >= 11 is 0. The number of nitrogens with one attached hydrogen (secondary N) is 1. The van der Waals surface area contributed by atoms with E-state index in [1.807, 2.05) is 25.7 Å². The van der Waals surface area contributed by atoms with Gasteiger partial charge in [-0.05, 0) is 33.3 Å². The van der Waals surface area contributed by atoms with Gasteiger partial charge in [0.2, 0.25) is 5.82 Å². The lowest BCUT2D eigenvalue weighted by molar-refractivity contribution is -0.385. The Morgan fingerprint density at radius 2 is 2.10 bits per heavy atom. The van der Waals surface area contributed by atoms with Gasteiger partial charge in [0, 0.05) is 50.5 Å². The highest BCUT2D eigenvalue weighted by molar-refractivity contribution is 5.68. The number of hydrogen-bond acceptors (Lipinski definition) is 8. The number of amides is 1. The van der Waals surface area contributed by atoms with Crippen LogP contribution in [-0.2, 0) is 16.0 Å². The van der Waals surface area contributed by atoms with E-state index in [0.717, 1.165) is 6.42 Å². The first kappa shape index (κ1) is 21.3. The van der Waals surface area contributed by atoms with Gasteiger partial charge in [0.15, 0.2) is 0 Å². The quantitative estimate of drug-likeness (QED) is 0.582. The Hall–Kier alpha value is -2.46. The van der Waals surface area contributed by atoms with Crippen molar-refractivity contribution >= 4 is 17.6 Å². The second-order valence-electron chi connectivity index (χ2n) is 8.29. The Bertz CT molecular complexity index is 745. The number of nitrogens with zero attached hydrogens (tertiary/aromatic N) is 4. The SMILES string of the molecule is CC(C)(C)OC(=O)N1CC[C@@H](NCc2ccnc(N3CCOCC3)c2[N+](=O)[O-])C1. The zero-order chi connectivity index (χ0) is 21.0. The van der Waals surface area contributed by atoms with Crippen LogP contribution in [0.25, 0.3) is 0 Å². The molecule has 1 aromatic heterocycles. The number of rotatable bonds is 5. The molecule has 10 nitrogen and oxygen atoms in total. The smallest absolute Gasteiger partial charge is 0.410 e. The molecule has 0 unspecified atom stereocenters. The summed E-state index contributed by atoms with van der Waals surface area (Å²) in [6.07, 6.45) is 2.05. The van der Waals surface area contributed by atoms with Crippen LogP contribution < -0.4 is 10.2 Å². The summed E-state index contributed by atoms with van der Waals surface area (Å²) in [5, 5.41) is 15.1. The van der Waals surface area contributed by atoms with Crippen molar-refractivity contribution in [1.82, 2.24) is 15.2 Å². The highest BCUT2D eigenvalue weighted by Crippen LogP contribution is 2.30. The Morgan fingerprint density at radius 3 is 2.76 bits per heavy atom. The second kappa shape index (κ2) is 8.91. The van der Waals surface area contributed by atoms with Crippen molar-refractivity contribution in [2.75, 3.05) is 44.3 Å². The zero-order valence-corrected chi connectivity index (χ0v) is 17.2. The molecule has 1 atom stereocenters. The summed E-state index contributed by atoms with van der Waals surface area (Å²) in [7, 11) is 0. The van der Waals surface area contributed by atoms with E-state index in [2.05, 4.69) is 10.3 Å². The molecule has 0 radical (unpaired) electrons. The highest BCUT2D eigenvalue weighted by atomic mass is 16.6. The third kappa shape index (κ3) is 5.54. The number of hydrogen-bond donors (Lipinski definition) is 1. The molecule has 2 fully saturated rings. The van der Waals surface area contributed by atoms with Crippen LogP contribution in [0.1, 0.15) is 32.8 Å². The predicted octanol–water partition coefficient (Wildman–Crippen LogP) is 1.93. The Labute approximate surface area is 170 Å². The van der Waals surface area contributed by atoms with Crippen LogP contribution in [0.3, 0.4) is 0 Å². The average molecular weight is 407 g/mol. The summed E-state index contributed by atoms with van der Waals surface area (Å²) in [5.74, 6) is 0.388. The number of nitro groups is 1. The van der Waals surface area contributed by atoms with Crippen LogP contribution in [0, 0.1) is 10.1 Å². The van der Waals surface area contributed by atoms with Crippen molar-refractivity contribution in [2.45, 2.75) is 45.4 Å². The van der Waals surface area contributed by atoms with E-state index in [1.165, 1.54) is 0 Å². The average Bonchev–Trinajstić information content (AvgIpc) is 3.14. The molecule has 2 aliphatic rings. The monoisotopic (exact) mass is 407 g/mol. The Balaban J connectivity index is 1.63. The van der Waals surface area contributed by atoms with E-state index < -0.39 is 5.60 Å². The lowest BCUT2D eigenvalue weighted by Crippen LogP contribution is -2.38. The molecular weight excluding hydrogens is 378 g/mol. The molecule has 3 rings (SSSR count). The maximum absolute atomic E-state index is 12.2. The van der Waals surface area contributed by atoms with Gasteiger partial charge in [0.1, 0.15) is 5.60 Å². The fraction of sp³-hybridized carbons (Fsp3) is 0.684. The zero-order valence-electron chi connectivity index (χ0n) is 17.2. The molecule has 1 aromatic rings. The van der Waals surface area contributed by atoms with E-state index in [1.54, 1.807) is 17.2 Å². The van der Waals surface area contributed by atoms with Crippen LogP contribution in [0.2, 0.25) is 0 Å². The molecule has 0 aromatic carbocycles. The van der Waals surface area contributed by atoms with Crippen molar-refractivity contribution in [2.24, 2.45) is 0 Å². The van der Waals surface area contributed by atoms with Crippen molar-refractivity contribution in [3.63, 3.8) is 0 Å². The molecule has 0 spiro atoms. The predicted molar refractivity (Wildman–Crippen MR) is 107 cm³/mol. The highest BCUT2D eigenvalue weighted by Gasteiger charge is 2.31. The molecular formula is C19H29N5O5. The first-order valence-corrected chi connectivity index (χ1v) is 9.91. The molecule has 10 heteroatoms. The van der Waals surface area contributed by atoms with Gasteiger partial charge < -0.3 is 24.6 Å². The molecule has 160 valence electrons. The van der Waals surface area contributed by atoms with Gasteiger partial charge in [0.25, 0.3) is 0 Å². The lowest BCUT2D eigenvalue weighted by atomic mass is 10.1. The first-order chi connectivity index (χ1) is 13.7. The van der Waals surface area contributed by atoms with Gasteiger partial charge in [-0.25, -0.2) is 9.78 Å². The number of carbonyl (C=O) groups is 1. The molecule has 2 saturated heterocycles. The standard InChI is InChI=1S/C19H29N5O5/c1-19(2,3)29-18(25)23-7-5-15(13-23)21-12-14-4-6-20-17(16(14)24(26)27)22-8-10-28-11-9-22/h4,6,15,21H,5,7-13H2,1-3H3/t15-/m1/s1. The van der Waals surface area contributed by atoms with Crippen LogP contribution in [-0.4, -0.2) is 71.9 Å². The van der Waals surface area contributed by atoms with E-state index >= 15 is 0 Å². The van der Waals surface area contributed by atoms with Crippen molar-refractivity contribution < 1.29 is 19.2 Å². The maximum atomic E-state index is 12.2. The minimum Gasteiger partial charge on any atom is -0.444 e. The summed E-state index contributed by atoms with van der Waals surface area (Å²) in [6.45, 7) is 9.20. The number of likely N-dealkylation sites (tertiary alicyclic amines) is 1. The maximum Gasteiger partial charge on any atom is 0.410 e. The van der Waals surface area contributed by atoms with Gasteiger partial charge >= 0.3 is 11.8 Å². The molecule has 0 bridgehead atoms. The summed E-state index contributed by atoms with van der Waals surface area (Å²) < 4.78 is 10.7. The third-order valence-electron chi connectivity index (χ3n) is 4.90. The molecule has 0 aliphatic carbocycles. The normalized spacial score (nSPS) is 20.0. The number of aromatic nitrogens is 1. The minimum atomic E-state index is -0.532. The number of anilines is 1. The van der Waals surface area contributed by atoms with Crippen LogP contribution >= 0.6 is 0 Å². The first-order valence-electron chi connectivity index (χ1n) is 9.91. The molecule has 3 heterocycles. The number of pyridine rings is 1. The Morgan fingerprint density at radius 1 is 1.38 bits per heavy atom. The van der Waals surface area contributed by atoms with Crippen molar-refractivity contribution in [3.05, 3.63) is 27.9 Å². The molecule has 1 N–H and O–H groups in total. The van der Waals surface area contributed by atoms with E-state index in [0.29, 0.717) is 57.3 Å². The van der Waals surface area contributed by atoms with Gasteiger partial charge in [-0.2, -0.15) is 0 Å². The van der Waals surface area contributed by atoms with Crippen molar-refractivity contribution in [1.29, 1.82) is 0 Å². The summed E-state index contributed by atoms with van der Waals surface area (Å²) in [5.41, 5.74) is 0.0852. The van der Waals surface area contributed by atoms with E-state index in [4.69, 9.17) is 9.47 Å². The van der Waals surface area contributed by atoms with Crippen LogP contribution in [0.15, 0.2) is 12.3 Å². The molecule has 29 heavy (non-hydrogen) atoms. The van der Waals surface area contributed by atoms with Gasteiger partial charge in [-0.1, -0.05) is 0 Å². The van der Waals surface area contributed by atoms with Crippen LogP contribution in [0.4, 0.5) is 16.3 Å². The summed E-state index contributed by atoms with van der Waals surface area (Å²) in [4.78, 5) is 31.4. The molecule has 2 aliphatic heterocycles. The molecule has 0 saturated carbocycles. The summed E-state index contributed by atoms with van der Waals surface area (Å²) in [6, 6.07) is 1.73. The Kier molecular flexibility index (Phi) is 6.53. The van der Waals surface area contributed by atoms with Gasteiger partial charge in [-0.15, -0.1) is 0 Å². The topological polar surface area (TPSA) is 110 Å². The minimum absolute atomic E-state index is 0.0314. The van der Waals surface area contributed by atoms with Crippen LogP contribution in [0.5, 0.6) is 0 Å². The second-order valence-corrected chi connectivity index (χ2v) is 8.29. The fourth-order valence-corrected chi connectivity index (χ4v) is 3.50. The van der Waals surface area contributed by atoms with Gasteiger partial charge in [-0.3, -0.25) is 10.1 Å². The molecule has 1 amide bonds. The largest absolute Gasteiger partial charge is 0.444 e. The van der Waals surface area contributed by atoms with Crippen molar-refractivity contribution in [3.8, 4) is 0 Å².